The second-order valence-electron chi connectivity index (χ2n) is 4.92. The molecule has 0 radical (unpaired) electrons. The smallest absolute Gasteiger partial charge is 0.238 e. The third-order valence-electron chi connectivity index (χ3n) is 3.39. The first kappa shape index (κ1) is 16.9. The van der Waals surface area contributed by atoms with Crippen LogP contribution in [0.4, 0.5) is 10.1 Å². The third kappa shape index (κ3) is 5.07. The molecule has 0 aromatic heterocycles. The third-order valence-corrected chi connectivity index (χ3v) is 3.39. The number of nitrogens with one attached hydrogen (secondary N) is 2. The highest BCUT2D eigenvalue weighted by molar-refractivity contribution is 5.92. The molecule has 1 aromatic rings. The zero-order chi connectivity index (χ0) is 13.7. The molecule has 0 saturated carbocycles. The maximum atomic E-state index is 13.0. The predicted octanol–water partition coefficient (Wildman–Crippen LogP) is 1.87. The van der Waals surface area contributed by atoms with Gasteiger partial charge in [0.25, 0.3) is 0 Å². The van der Waals surface area contributed by atoms with Gasteiger partial charge in [-0.1, -0.05) is 6.07 Å². The normalized spacial score (nSPS) is 19.2. The van der Waals surface area contributed by atoms with Gasteiger partial charge in [-0.15, -0.1) is 12.4 Å². The summed E-state index contributed by atoms with van der Waals surface area (Å²) in [5.41, 5.74) is 0.507. The highest BCUT2D eigenvalue weighted by Gasteiger charge is 2.20. The van der Waals surface area contributed by atoms with Gasteiger partial charge in [0.05, 0.1) is 6.54 Å². The van der Waals surface area contributed by atoms with Crippen LogP contribution < -0.4 is 10.6 Å². The summed E-state index contributed by atoms with van der Waals surface area (Å²) in [6, 6.07) is 6.41. The van der Waals surface area contributed by atoms with Crippen molar-refractivity contribution in [1.29, 1.82) is 0 Å². The summed E-state index contributed by atoms with van der Waals surface area (Å²) in [6.45, 7) is 2.18. The SMILES string of the molecule is CNC1CCCN(CC(=O)Nc2cccc(F)c2)C1.Cl. The molecule has 1 atom stereocenters. The lowest BCUT2D eigenvalue weighted by molar-refractivity contribution is -0.117. The zero-order valence-corrected chi connectivity index (χ0v) is 12.4. The molecule has 1 aliphatic heterocycles. The number of hydrogen-bond donors (Lipinski definition) is 2. The molecular formula is C14H21ClFN3O. The first-order chi connectivity index (χ1) is 9.17. The fourth-order valence-corrected chi connectivity index (χ4v) is 2.40. The standard InChI is InChI=1S/C14H20FN3O.ClH/c1-16-13-6-3-7-18(9-13)10-14(19)17-12-5-2-4-11(15)8-12;/h2,4-5,8,13,16H,3,6-7,9-10H2,1H3,(H,17,19);1H. The van der Waals surface area contributed by atoms with Crippen LogP contribution in [-0.4, -0.2) is 43.5 Å². The molecule has 1 fully saturated rings. The van der Waals surface area contributed by atoms with E-state index in [2.05, 4.69) is 15.5 Å². The lowest BCUT2D eigenvalue weighted by Gasteiger charge is -2.31. The molecule has 4 nitrogen and oxygen atoms in total. The maximum Gasteiger partial charge on any atom is 0.238 e. The Bertz CT molecular complexity index is 444. The second kappa shape index (κ2) is 8.19. The van der Waals surface area contributed by atoms with Gasteiger partial charge >= 0.3 is 0 Å². The molecule has 6 heteroatoms. The van der Waals surface area contributed by atoms with Gasteiger partial charge in [-0.3, -0.25) is 9.69 Å². The Morgan fingerprint density at radius 2 is 2.30 bits per heavy atom. The summed E-state index contributed by atoms with van der Waals surface area (Å²) < 4.78 is 13.0. The number of rotatable bonds is 4. The highest BCUT2D eigenvalue weighted by atomic mass is 35.5. The van der Waals surface area contributed by atoms with Crippen LogP contribution >= 0.6 is 12.4 Å². The molecule has 1 heterocycles. The first-order valence-corrected chi connectivity index (χ1v) is 6.62. The van der Waals surface area contributed by atoms with E-state index in [1.54, 1.807) is 12.1 Å². The van der Waals surface area contributed by atoms with Crippen LogP contribution in [0.15, 0.2) is 24.3 Å². The molecule has 1 amide bonds. The van der Waals surface area contributed by atoms with Gasteiger partial charge in [-0.25, -0.2) is 4.39 Å². The van der Waals surface area contributed by atoms with E-state index in [1.807, 2.05) is 7.05 Å². The summed E-state index contributed by atoms with van der Waals surface area (Å²) in [4.78, 5) is 14.0. The fraction of sp³-hybridized carbons (Fsp3) is 0.500. The maximum absolute atomic E-state index is 13.0. The summed E-state index contributed by atoms with van der Waals surface area (Å²) >= 11 is 0. The van der Waals surface area contributed by atoms with Crippen molar-refractivity contribution in [3.63, 3.8) is 0 Å². The Labute approximate surface area is 125 Å². The number of carbonyl (C=O) groups is 1. The average molecular weight is 302 g/mol. The molecule has 20 heavy (non-hydrogen) atoms. The Kier molecular flexibility index (Phi) is 6.91. The number of nitrogens with zero attached hydrogens (tertiary/aromatic N) is 1. The Hall–Kier alpha value is -1.17. The number of halogens is 2. The molecule has 2 rings (SSSR count). The number of anilines is 1. The average Bonchev–Trinajstić information content (AvgIpc) is 2.38. The van der Waals surface area contributed by atoms with Crippen LogP contribution in [0.3, 0.4) is 0 Å². The van der Waals surface area contributed by atoms with Gasteiger partial charge < -0.3 is 10.6 Å². The van der Waals surface area contributed by atoms with Crippen molar-refractivity contribution in [1.82, 2.24) is 10.2 Å². The van der Waals surface area contributed by atoms with Gasteiger partial charge in [0.1, 0.15) is 5.82 Å². The molecule has 2 N–H and O–H groups in total. The molecule has 1 aromatic carbocycles. The van der Waals surface area contributed by atoms with E-state index in [1.165, 1.54) is 12.1 Å². The first-order valence-electron chi connectivity index (χ1n) is 6.62. The molecule has 0 spiro atoms. The van der Waals surface area contributed by atoms with Gasteiger partial charge in [0.15, 0.2) is 0 Å². The highest BCUT2D eigenvalue weighted by Crippen LogP contribution is 2.11. The van der Waals surface area contributed by atoms with Crippen molar-refractivity contribution in [2.24, 2.45) is 0 Å². The minimum Gasteiger partial charge on any atom is -0.325 e. The quantitative estimate of drug-likeness (QED) is 0.892. The van der Waals surface area contributed by atoms with Crippen LogP contribution in [0, 0.1) is 5.82 Å². The van der Waals surface area contributed by atoms with Crippen molar-refractivity contribution >= 4 is 24.0 Å². The molecule has 1 saturated heterocycles. The fourth-order valence-electron chi connectivity index (χ4n) is 2.40. The number of amides is 1. The van der Waals surface area contributed by atoms with E-state index in [0.29, 0.717) is 18.3 Å². The van der Waals surface area contributed by atoms with Crippen LogP contribution in [0.25, 0.3) is 0 Å². The molecule has 1 aliphatic rings. The van der Waals surface area contributed by atoms with Crippen molar-refractivity contribution < 1.29 is 9.18 Å². The minimum atomic E-state index is -0.342. The summed E-state index contributed by atoms with van der Waals surface area (Å²) in [5.74, 6) is -0.437. The van der Waals surface area contributed by atoms with Gasteiger partial charge in [0, 0.05) is 18.3 Å². The zero-order valence-electron chi connectivity index (χ0n) is 11.6. The van der Waals surface area contributed by atoms with Crippen LogP contribution in [0.1, 0.15) is 12.8 Å². The van der Waals surface area contributed by atoms with Gasteiger partial charge in [-0.2, -0.15) is 0 Å². The van der Waals surface area contributed by atoms with Crippen LogP contribution in [0.5, 0.6) is 0 Å². The van der Waals surface area contributed by atoms with Crippen molar-refractivity contribution in [3.05, 3.63) is 30.1 Å². The van der Waals surface area contributed by atoms with Crippen LogP contribution in [-0.2, 0) is 4.79 Å². The Morgan fingerprint density at radius 3 is 3.00 bits per heavy atom. The topological polar surface area (TPSA) is 44.4 Å². The molecular weight excluding hydrogens is 281 g/mol. The monoisotopic (exact) mass is 301 g/mol. The summed E-state index contributed by atoms with van der Waals surface area (Å²) in [6.07, 6.45) is 2.25. The number of piperidine rings is 1. The van der Waals surface area contributed by atoms with E-state index in [9.17, 15) is 9.18 Å². The number of benzene rings is 1. The summed E-state index contributed by atoms with van der Waals surface area (Å²) in [7, 11) is 1.95. The van der Waals surface area contributed by atoms with Crippen molar-refractivity contribution in [3.8, 4) is 0 Å². The predicted molar refractivity (Wildman–Crippen MR) is 80.8 cm³/mol. The number of carbonyl (C=O) groups excluding carboxylic acids is 1. The van der Waals surface area contributed by atoms with E-state index in [-0.39, 0.29) is 24.1 Å². The Morgan fingerprint density at radius 1 is 1.50 bits per heavy atom. The Balaban J connectivity index is 0.00000200. The largest absolute Gasteiger partial charge is 0.325 e. The lowest BCUT2D eigenvalue weighted by atomic mass is 10.1. The van der Waals surface area contributed by atoms with Crippen molar-refractivity contribution in [2.45, 2.75) is 18.9 Å². The van der Waals surface area contributed by atoms with Crippen molar-refractivity contribution in [2.75, 3.05) is 32.0 Å². The van der Waals surface area contributed by atoms with Gasteiger partial charge in [0.2, 0.25) is 5.91 Å². The van der Waals surface area contributed by atoms with E-state index in [0.717, 1.165) is 25.9 Å². The number of hydrogen-bond acceptors (Lipinski definition) is 3. The molecule has 0 aliphatic carbocycles. The van der Waals surface area contributed by atoms with E-state index >= 15 is 0 Å². The molecule has 1 unspecified atom stereocenters. The number of likely N-dealkylation sites (N-methyl/N-ethyl adjacent to an activating group) is 1. The number of likely N-dealkylation sites (tertiary alicyclic amines) is 1. The molecule has 112 valence electrons. The lowest BCUT2D eigenvalue weighted by Crippen LogP contribution is -2.46. The van der Waals surface area contributed by atoms with Crippen LogP contribution in [0.2, 0.25) is 0 Å². The minimum absolute atomic E-state index is 0. The van der Waals surface area contributed by atoms with Gasteiger partial charge in [-0.05, 0) is 44.6 Å². The van der Waals surface area contributed by atoms with E-state index < -0.39 is 0 Å². The molecule has 0 bridgehead atoms. The summed E-state index contributed by atoms with van der Waals surface area (Å²) in [5, 5.41) is 5.96. The van der Waals surface area contributed by atoms with E-state index in [4.69, 9.17) is 0 Å². The second-order valence-corrected chi connectivity index (χ2v) is 4.92.